The van der Waals surface area contributed by atoms with Gasteiger partial charge in [0.05, 0.1) is 11.1 Å². The zero-order valence-corrected chi connectivity index (χ0v) is 19.8. The van der Waals surface area contributed by atoms with Crippen molar-refractivity contribution in [2.45, 2.75) is 17.8 Å². The topological polar surface area (TPSA) is 40.5 Å². The van der Waals surface area contributed by atoms with E-state index < -0.39 is 29.3 Å². The maximum absolute atomic E-state index is 13.2. The van der Waals surface area contributed by atoms with Gasteiger partial charge in [-0.1, -0.05) is 109 Å². The Kier molecular flexibility index (Phi) is 6.44. The molecular weight excluding hydrogens is 475 g/mol. The summed E-state index contributed by atoms with van der Waals surface area (Å²) in [6, 6.07) is 32.8. The number of carbonyl (C=O) groups is 1. The molecule has 0 amide bonds. The maximum Gasteiger partial charge on any atom is 0.416 e. The second-order valence-electron chi connectivity index (χ2n) is 8.94. The Balaban J connectivity index is 1.71. The van der Waals surface area contributed by atoms with Crippen LogP contribution in [0, 0.1) is 0 Å². The highest BCUT2D eigenvalue weighted by Crippen LogP contribution is 2.47. The van der Waals surface area contributed by atoms with Crippen molar-refractivity contribution >= 4 is 11.5 Å². The number of nitrogens with zero attached hydrogens (tertiary/aromatic N) is 1. The minimum atomic E-state index is -4.47. The van der Waals surface area contributed by atoms with E-state index in [1.54, 1.807) is 0 Å². The molecule has 6 heteroatoms. The molecule has 0 aliphatic carbocycles. The zero-order chi connectivity index (χ0) is 26.0. The number of rotatable bonds is 6. The first kappa shape index (κ1) is 24.5. The van der Waals surface area contributed by atoms with Gasteiger partial charge >= 0.3 is 12.1 Å². The van der Waals surface area contributed by atoms with Gasteiger partial charge in [0.1, 0.15) is 6.04 Å². The Morgan fingerprint density at radius 3 is 1.49 bits per heavy atom. The Hall–Kier alpha value is -4.16. The summed E-state index contributed by atoms with van der Waals surface area (Å²) >= 11 is 0. The Morgan fingerprint density at radius 1 is 0.676 bits per heavy atom. The van der Waals surface area contributed by atoms with Gasteiger partial charge in [-0.25, -0.2) is 0 Å². The lowest BCUT2D eigenvalue weighted by Gasteiger charge is -2.46. The van der Waals surface area contributed by atoms with Gasteiger partial charge in [0.25, 0.3) is 0 Å². The fourth-order valence-electron chi connectivity index (χ4n) is 5.34. The molecule has 0 saturated heterocycles. The average Bonchev–Trinajstić information content (AvgIpc) is 3.36. The molecule has 4 aromatic rings. The van der Waals surface area contributed by atoms with Crippen LogP contribution in [0.15, 0.2) is 121 Å². The average molecular weight is 500 g/mol. The number of carboxylic acid groups (broad SMARTS) is 1. The first-order valence-electron chi connectivity index (χ1n) is 11.9. The molecule has 1 unspecified atom stereocenters. The van der Waals surface area contributed by atoms with Crippen molar-refractivity contribution in [1.82, 2.24) is 4.90 Å². The molecule has 0 spiro atoms. The summed E-state index contributed by atoms with van der Waals surface area (Å²) in [4.78, 5) is 14.8. The highest BCUT2D eigenvalue weighted by molar-refractivity contribution is 5.93. The lowest BCUT2D eigenvalue weighted by atomic mass is 9.74. The van der Waals surface area contributed by atoms with Crippen LogP contribution in [-0.4, -0.2) is 28.6 Å². The third-order valence-corrected chi connectivity index (χ3v) is 6.90. The van der Waals surface area contributed by atoms with Crippen LogP contribution in [0.2, 0.25) is 0 Å². The summed E-state index contributed by atoms with van der Waals surface area (Å²) in [7, 11) is 0. The van der Waals surface area contributed by atoms with Gasteiger partial charge in [0.2, 0.25) is 0 Å². The summed E-state index contributed by atoms with van der Waals surface area (Å²) in [6.07, 6.45) is -2.66. The van der Waals surface area contributed by atoms with Crippen LogP contribution in [-0.2, 0) is 16.5 Å². The van der Waals surface area contributed by atoms with Gasteiger partial charge in [-0.3, -0.25) is 9.69 Å². The molecule has 0 aromatic heterocycles. The normalized spacial score (nSPS) is 16.4. The van der Waals surface area contributed by atoms with E-state index in [4.69, 9.17) is 0 Å². The third kappa shape index (κ3) is 4.34. The number of carboxylic acids is 1. The molecule has 0 saturated carbocycles. The van der Waals surface area contributed by atoms with E-state index in [-0.39, 0.29) is 6.54 Å². The molecule has 1 aliphatic rings. The van der Waals surface area contributed by atoms with Crippen molar-refractivity contribution in [3.05, 3.63) is 149 Å². The smallest absolute Gasteiger partial charge is 0.416 e. The second kappa shape index (κ2) is 9.71. The van der Waals surface area contributed by atoms with E-state index in [9.17, 15) is 23.1 Å². The zero-order valence-electron chi connectivity index (χ0n) is 19.8. The SMILES string of the molecule is O=C(O)C1C(c2ccc(C(F)(F)F)cc2)=CCN1C(c1ccccc1)(c1ccccc1)c1ccccc1. The van der Waals surface area contributed by atoms with Gasteiger partial charge in [-0.2, -0.15) is 13.2 Å². The first-order chi connectivity index (χ1) is 17.8. The summed E-state index contributed by atoms with van der Waals surface area (Å²) in [5.41, 5.74) is 1.84. The van der Waals surface area contributed by atoms with Crippen LogP contribution in [0.25, 0.3) is 5.57 Å². The molecule has 1 N–H and O–H groups in total. The highest BCUT2D eigenvalue weighted by atomic mass is 19.4. The molecule has 1 atom stereocenters. The second-order valence-corrected chi connectivity index (χ2v) is 8.94. The first-order valence-corrected chi connectivity index (χ1v) is 11.9. The van der Waals surface area contributed by atoms with Crippen molar-refractivity contribution in [3.63, 3.8) is 0 Å². The van der Waals surface area contributed by atoms with Crippen molar-refractivity contribution < 1.29 is 23.1 Å². The van der Waals surface area contributed by atoms with Crippen molar-refractivity contribution in [2.24, 2.45) is 0 Å². The highest BCUT2D eigenvalue weighted by Gasteiger charge is 2.50. The van der Waals surface area contributed by atoms with E-state index in [0.717, 1.165) is 28.8 Å². The Labute approximate surface area is 213 Å². The molecule has 3 nitrogen and oxygen atoms in total. The summed E-state index contributed by atoms with van der Waals surface area (Å²) in [5, 5.41) is 10.5. The largest absolute Gasteiger partial charge is 0.480 e. The van der Waals surface area contributed by atoms with Crippen molar-refractivity contribution in [2.75, 3.05) is 6.54 Å². The Morgan fingerprint density at radius 2 is 1.11 bits per heavy atom. The molecule has 1 heterocycles. The minimum absolute atomic E-state index is 0.284. The van der Waals surface area contributed by atoms with Crippen LogP contribution in [0.4, 0.5) is 13.2 Å². The number of hydrogen-bond acceptors (Lipinski definition) is 2. The van der Waals surface area contributed by atoms with Crippen LogP contribution in [0.3, 0.4) is 0 Å². The molecule has 186 valence electrons. The van der Waals surface area contributed by atoms with E-state index in [1.807, 2.05) is 102 Å². The molecule has 4 aromatic carbocycles. The quantitative estimate of drug-likeness (QED) is 0.295. The summed E-state index contributed by atoms with van der Waals surface area (Å²) in [5.74, 6) is -1.07. The van der Waals surface area contributed by atoms with E-state index in [1.165, 1.54) is 12.1 Å². The number of alkyl halides is 3. The Bertz CT molecular complexity index is 1300. The molecule has 0 bridgehead atoms. The number of hydrogen-bond donors (Lipinski definition) is 1. The molecule has 37 heavy (non-hydrogen) atoms. The van der Waals surface area contributed by atoms with Crippen LogP contribution in [0.5, 0.6) is 0 Å². The van der Waals surface area contributed by atoms with E-state index in [2.05, 4.69) is 0 Å². The lowest BCUT2D eigenvalue weighted by Crippen LogP contribution is -2.53. The van der Waals surface area contributed by atoms with Crippen molar-refractivity contribution in [1.29, 1.82) is 0 Å². The van der Waals surface area contributed by atoms with Gasteiger partial charge in [0, 0.05) is 6.54 Å². The molecule has 5 rings (SSSR count). The van der Waals surface area contributed by atoms with Crippen LogP contribution >= 0.6 is 0 Å². The van der Waals surface area contributed by atoms with Crippen LogP contribution < -0.4 is 0 Å². The number of halogens is 3. The van der Waals surface area contributed by atoms with Gasteiger partial charge in [-0.05, 0) is 40.0 Å². The lowest BCUT2D eigenvalue weighted by molar-refractivity contribution is -0.142. The predicted molar refractivity (Wildman–Crippen MR) is 137 cm³/mol. The summed E-state index contributed by atoms with van der Waals surface area (Å²) < 4.78 is 39.5. The van der Waals surface area contributed by atoms with E-state index >= 15 is 0 Å². The van der Waals surface area contributed by atoms with Crippen molar-refractivity contribution in [3.8, 4) is 0 Å². The standard InChI is InChI=1S/C31H24F3NO2/c32-31(33,34)26-18-16-22(17-19-26)27-20-21-35(28(27)29(36)37)30(23-10-4-1-5-11-23,24-12-6-2-7-13-24)25-14-8-3-9-15-25/h1-20,28H,21H2,(H,36,37). The van der Waals surface area contributed by atoms with Gasteiger partial charge in [-0.15, -0.1) is 0 Å². The number of benzene rings is 4. The van der Waals surface area contributed by atoms with E-state index in [0.29, 0.717) is 11.1 Å². The fourth-order valence-corrected chi connectivity index (χ4v) is 5.34. The minimum Gasteiger partial charge on any atom is -0.480 e. The fraction of sp³-hybridized carbons (Fsp3) is 0.129. The van der Waals surface area contributed by atoms with Crippen LogP contribution in [0.1, 0.15) is 27.8 Å². The molecule has 0 fully saturated rings. The number of aliphatic carboxylic acids is 1. The monoisotopic (exact) mass is 499 g/mol. The molecular formula is C31H24F3NO2. The molecule has 0 radical (unpaired) electrons. The summed E-state index contributed by atoms with van der Waals surface area (Å²) in [6.45, 7) is 0.284. The predicted octanol–water partition coefficient (Wildman–Crippen LogP) is 6.85. The van der Waals surface area contributed by atoms with Gasteiger partial charge < -0.3 is 5.11 Å². The molecule has 1 aliphatic heterocycles. The third-order valence-electron chi connectivity index (χ3n) is 6.90. The van der Waals surface area contributed by atoms with Gasteiger partial charge in [0.15, 0.2) is 0 Å². The maximum atomic E-state index is 13.2.